The molecule has 0 aliphatic carbocycles. The second kappa shape index (κ2) is 9.53. The molecule has 1 aliphatic rings. The van der Waals surface area contributed by atoms with Crippen molar-refractivity contribution >= 4 is 34.1 Å². The van der Waals surface area contributed by atoms with Gasteiger partial charge in [-0.2, -0.15) is 0 Å². The van der Waals surface area contributed by atoms with Gasteiger partial charge in [0.1, 0.15) is 0 Å². The van der Waals surface area contributed by atoms with E-state index in [1.54, 1.807) is 11.8 Å². The predicted octanol–water partition coefficient (Wildman–Crippen LogP) is 4.64. The summed E-state index contributed by atoms with van der Waals surface area (Å²) in [6.45, 7) is 7.44. The minimum absolute atomic E-state index is 0.0263. The number of hydrogen-bond donors (Lipinski definition) is 1. The van der Waals surface area contributed by atoms with Crippen LogP contribution in [0.5, 0.6) is 0 Å². The molecule has 26 heavy (non-hydrogen) atoms. The molecule has 3 rings (SSSR count). The number of thiazole rings is 1. The molecule has 1 aromatic carbocycles. The number of rotatable bonds is 7. The minimum atomic E-state index is -0.106. The van der Waals surface area contributed by atoms with Crippen LogP contribution in [0.15, 0.2) is 35.7 Å². The van der Waals surface area contributed by atoms with Crippen LogP contribution in [-0.2, 0) is 17.1 Å². The molecule has 2 aromatic rings. The molecule has 1 aromatic heterocycles. The summed E-state index contributed by atoms with van der Waals surface area (Å²) in [5.41, 5.74) is 2.30. The molecule has 0 spiro atoms. The molecule has 0 saturated carbocycles. The lowest BCUT2D eigenvalue weighted by atomic mass is 10.0. The average molecular weight is 390 g/mol. The molecule has 1 N–H and O–H groups in total. The van der Waals surface area contributed by atoms with E-state index in [-0.39, 0.29) is 11.2 Å². The number of hydrogen-bond acceptors (Lipinski definition) is 5. The van der Waals surface area contributed by atoms with Crippen LogP contribution in [0.4, 0.5) is 5.13 Å². The maximum Gasteiger partial charge on any atom is 0.238 e. The van der Waals surface area contributed by atoms with E-state index < -0.39 is 0 Å². The first-order chi connectivity index (χ1) is 12.6. The lowest BCUT2D eigenvalue weighted by Crippen LogP contribution is -2.33. The van der Waals surface area contributed by atoms with E-state index in [9.17, 15) is 4.79 Å². The summed E-state index contributed by atoms with van der Waals surface area (Å²) in [6.07, 6.45) is 2.60. The monoisotopic (exact) mass is 389 g/mol. The van der Waals surface area contributed by atoms with E-state index >= 15 is 0 Å². The molecule has 2 atom stereocenters. The van der Waals surface area contributed by atoms with Gasteiger partial charge < -0.3 is 5.32 Å². The smallest absolute Gasteiger partial charge is 0.238 e. The first kappa shape index (κ1) is 19.4. The normalized spacial score (nSPS) is 19.2. The van der Waals surface area contributed by atoms with Gasteiger partial charge in [-0.25, -0.2) is 4.98 Å². The van der Waals surface area contributed by atoms with Crippen molar-refractivity contribution in [3.8, 4) is 0 Å². The average Bonchev–Trinajstić information content (AvgIpc) is 3.07. The van der Waals surface area contributed by atoms with E-state index in [2.05, 4.69) is 39.6 Å². The van der Waals surface area contributed by atoms with Crippen molar-refractivity contribution in [2.75, 3.05) is 18.4 Å². The quantitative estimate of drug-likeness (QED) is 0.749. The van der Waals surface area contributed by atoms with Crippen LogP contribution in [0.25, 0.3) is 0 Å². The third kappa shape index (κ3) is 5.83. The van der Waals surface area contributed by atoms with Gasteiger partial charge in [0, 0.05) is 24.2 Å². The summed E-state index contributed by atoms with van der Waals surface area (Å²) in [7, 11) is 0. The van der Waals surface area contributed by atoms with Gasteiger partial charge in [0.2, 0.25) is 5.91 Å². The lowest BCUT2D eigenvalue weighted by Gasteiger charge is -2.30. The van der Waals surface area contributed by atoms with Gasteiger partial charge in [-0.15, -0.1) is 23.1 Å². The third-order valence-electron chi connectivity index (χ3n) is 4.62. The van der Waals surface area contributed by atoms with Crippen molar-refractivity contribution < 1.29 is 4.79 Å². The molecule has 4 nitrogen and oxygen atoms in total. The largest absolute Gasteiger partial charge is 0.301 e. The number of nitrogens with one attached hydrogen (secondary N) is 1. The van der Waals surface area contributed by atoms with Gasteiger partial charge in [0.05, 0.1) is 10.9 Å². The van der Waals surface area contributed by atoms with Gasteiger partial charge in [0.25, 0.3) is 0 Å². The number of amides is 1. The third-order valence-corrected chi connectivity index (χ3v) is 6.64. The fraction of sp³-hybridized carbons (Fsp3) is 0.500. The highest BCUT2D eigenvalue weighted by molar-refractivity contribution is 7.99. The highest BCUT2D eigenvalue weighted by Crippen LogP contribution is 2.23. The second-order valence-electron chi connectivity index (χ2n) is 7.05. The van der Waals surface area contributed by atoms with Gasteiger partial charge in [-0.1, -0.05) is 37.3 Å². The van der Waals surface area contributed by atoms with Crippen LogP contribution in [0.2, 0.25) is 0 Å². The van der Waals surface area contributed by atoms with Gasteiger partial charge in [-0.05, 0) is 37.8 Å². The van der Waals surface area contributed by atoms with Crippen molar-refractivity contribution in [2.24, 2.45) is 5.92 Å². The predicted molar refractivity (Wildman–Crippen MR) is 112 cm³/mol. The van der Waals surface area contributed by atoms with Gasteiger partial charge >= 0.3 is 0 Å². The number of thioether (sulfide) groups is 1. The number of likely N-dealkylation sites (tertiary alicyclic amines) is 1. The summed E-state index contributed by atoms with van der Waals surface area (Å²) in [4.78, 5) is 19.5. The summed E-state index contributed by atoms with van der Waals surface area (Å²) >= 11 is 3.17. The van der Waals surface area contributed by atoms with Crippen LogP contribution in [0, 0.1) is 5.92 Å². The van der Waals surface area contributed by atoms with Crippen molar-refractivity contribution in [1.82, 2.24) is 9.88 Å². The number of benzene rings is 1. The van der Waals surface area contributed by atoms with Gasteiger partial charge in [0.15, 0.2) is 5.13 Å². The van der Waals surface area contributed by atoms with Crippen molar-refractivity contribution in [2.45, 2.75) is 44.2 Å². The van der Waals surface area contributed by atoms with E-state index in [1.807, 2.05) is 25.1 Å². The fourth-order valence-electron chi connectivity index (χ4n) is 3.17. The van der Waals surface area contributed by atoms with Crippen LogP contribution >= 0.6 is 23.1 Å². The molecule has 140 valence electrons. The maximum atomic E-state index is 12.4. The first-order valence-corrected chi connectivity index (χ1v) is 11.2. The fourth-order valence-corrected chi connectivity index (χ4v) is 4.72. The molecule has 6 heteroatoms. The molecule has 1 aliphatic heterocycles. The summed E-state index contributed by atoms with van der Waals surface area (Å²) in [5.74, 6) is 1.63. The first-order valence-electron chi connectivity index (χ1n) is 9.23. The Labute approximate surface area is 164 Å². The van der Waals surface area contributed by atoms with Crippen LogP contribution in [0.3, 0.4) is 0 Å². The van der Waals surface area contributed by atoms with Gasteiger partial charge in [-0.3, -0.25) is 9.69 Å². The van der Waals surface area contributed by atoms with Crippen molar-refractivity contribution in [1.29, 1.82) is 0 Å². The molecule has 0 bridgehead atoms. The van der Waals surface area contributed by atoms with E-state index in [4.69, 9.17) is 0 Å². The topological polar surface area (TPSA) is 45.2 Å². The Bertz CT molecular complexity index is 704. The number of piperidine rings is 1. The van der Waals surface area contributed by atoms with E-state index in [0.29, 0.717) is 5.13 Å². The molecular formula is C20H27N3OS2. The summed E-state index contributed by atoms with van der Waals surface area (Å²) in [5, 5.41) is 5.64. The molecule has 1 amide bonds. The van der Waals surface area contributed by atoms with Crippen LogP contribution in [-0.4, -0.2) is 34.1 Å². The number of carbonyl (C=O) groups is 1. The molecule has 1 saturated heterocycles. The Morgan fingerprint density at radius 3 is 3.00 bits per heavy atom. The zero-order chi connectivity index (χ0) is 18.4. The lowest BCUT2D eigenvalue weighted by molar-refractivity contribution is -0.115. The van der Waals surface area contributed by atoms with Crippen LogP contribution in [0.1, 0.15) is 37.9 Å². The zero-order valence-electron chi connectivity index (χ0n) is 15.5. The standard InChI is InChI=1S/C20H27N3OS2/c1-15-7-6-10-23(11-15)12-18-14-26-20(21-18)22-19(24)16(2)25-13-17-8-4-3-5-9-17/h3-5,8-9,14-16H,6-7,10-13H2,1-2H3,(H,21,22,24). The van der Waals surface area contributed by atoms with Crippen LogP contribution < -0.4 is 5.32 Å². The molecule has 2 unspecified atom stereocenters. The second-order valence-corrected chi connectivity index (χ2v) is 9.24. The Morgan fingerprint density at radius 1 is 1.42 bits per heavy atom. The zero-order valence-corrected chi connectivity index (χ0v) is 17.1. The SMILES string of the molecule is CC1CCCN(Cc2csc(NC(=O)C(C)SCc3ccccc3)n2)C1. The number of nitrogens with zero attached hydrogens (tertiary/aromatic N) is 2. The molecule has 1 fully saturated rings. The highest BCUT2D eigenvalue weighted by Gasteiger charge is 2.18. The summed E-state index contributed by atoms with van der Waals surface area (Å²) in [6, 6.07) is 10.2. The maximum absolute atomic E-state index is 12.4. The molecule has 2 heterocycles. The van der Waals surface area contributed by atoms with E-state index in [0.717, 1.165) is 37.0 Å². The van der Waals surface area contributed by atoms with Crippen molar-refractivity contribution in [3.05, 3.63) is 47.0 Å². The number of anilines is 1. The van der Waals surface area contributed by atoms with E-state index in [1.165, 1.54) is 29.7 Å². The van der Waals surface area contributed by atoms with Crippen molar-refractivity contribution in [3.63, 3.8) is 0 Å². The Kier molecular flexibility index (Phi) is 7.11. The molecular weight excluding hydrogens is 362 g/mol. The Hall–Kier alpha value is -1.37. The number of carbonyl (C=O) groups excluding carboxylic acids is 1. The summed E-state index contributed by atoms with van der Waals surface area (Å²) < 4.78 is 0. The highest BCUT2D eigenvalue weighted by atomic mass is 32.2. The number of aromatic nitrogens is 1. The Morgan fingerprint density at radius 2 is 2.23 bits per heavy atom. The molecule has 0 radical (unpaired) electrons. The Balaban J connectivity index is 1.46. The minimum Gasteiger partial charge on any atom is -0.301 e.